The third kappa shape index (κ3) is 3.99. The molecule has 3 aliphatic carbocycles. The minimum Gasteiger partial charge on any atom is -0.508 e. The molecule has 216 valence electrons. The van der Waals surface area contributed by atoms with Crippen LogP contribution in [-0.4, -0.2) is 94.7 Å². The van der Waals surface area contributed by atoms with Gasteiger partial charge in [-0.2, -0.15) is 13.2 Å². The fourth-order valence-electron chi connectivity index (χ4n) is 5.98. The zero-order valence-electron chi connectivity index (χ0n) is 21.8. The maximum atomic E-state index is 13.9. The van der Waals surface area contributed by atoms with Crippen molar-refractivity contribution in [1.82, 2.24) is 4.90 Å². The number of carbonyl (C=O) groups excluding carboxylic acids is 4. The molecule has 0 bridgehead atoms. The number of halogens is 3. The van der Waals surface area contributed by atoms with Gasteiger partial charge in [0.1, 0.15) is 22.8 Å². The van der Waals surface area contributed by atoms with Gasteiger partial charge in [0.15, 0.2) is 11.4 Å². The highest BCUT2D eigenvalue weighted by molar-refractivity contribution is 6.24. The van der Waals surface area contributed by atoms with Crippen LogP contribution in [0.15, 0.2) is 23.0 Å². The van der Waals surface area contributed by atoms with Crippen LogP contribution in [0.25, 0.3) is 5.76 Å². The van der Waals surface area contributed by atoms with E-state index >= 15 is 0 Å². The van der Waals surface area contributed by atoms with Crippen LogP contribution in [0.1, 0.15) is 17.5 Å². The Kier molecular flexibility index (Phi) is 6.67. The van der Waals surface area contributed by atoms with E-state index in [0.29, 0.717) is 0 Å². The number of amides is 2. The third-order valence-corrected chi connectivity index (χ3v) is 7.68. The number of benzene rings is 1. The summed E-state index contributed by atoms with van der Waals surface area (Å²) in [6, 6.07) is -0.184. The SMILES string of the molecule is CN(C)c1cc(NC(=O)C(F)(F)F)c(O)c2c1CC1CC3[C@H](N(C)C)C(=O)C(C(N)=O)=C(O)[C@@]3(O)C(=O)C1=C2O. The van der Waals surface area contributed by atoms with E-state index in [2.05, 4.69) is 0 Å². The topological polar surface area (TPSA) is 194 Å². The van der Waals surface area contributed by atoms with E-state index in [1.807, 2.05) is 0 Å². The summed E-state index contributed by atoms with van der Waals surface area (Å²) in [7, 11) is 5.98. The van der Waals surface area contributed by atoms with Crippen molar-refractivity contribution in [1.29, 1.82) is 0 Å². The highest BCUT2D eigenvalue weighted by Crippen LogP contribution is 2.54. The van der Waals surface area contributed by atoms with Gasteiger partial charge in [-0.15, -0.1) is 0 Å². The first-order valence-electron chi connectivity index (χ1n) is 11.9. The lowest BCUT2D eigenvalue weighted by Gasteiger charge is -2.50. The maximum absolute atomic E-state index is 13.9. The van der Waals surface area contributed by atoms with E-state index < -0.39 is 92.7 Å². The van der Waals surface area contributed by atoms with Gasteiger partial charge in [-0.1, -0.05) is 0 Å². The van der Waals surface area contributed by atoms with Gasteiger partial charge in [-0.3, -0.25) is 24.1 Å². The minimum absolute atomic E-state index is 0.0802. The molecule has 2 unspecified atom stereocenters. The number of fused-ring (bicyclic) bond motifs is 3. The number of nitrogens with one attached hydrogen (secondary N) is 1. The molecule has 15 heteroatoms. The van der Waals surface area contributed by atoms with Crippen LogP contribution < -0.4 is 16.0 Å². The number of hydrogen-bond donors (Lipinski definition) is 6. The second-order valence-corrected chi connectivity index (χ2v) is 10.5. The van der Waals surface area contributed by atoms with Crippen molar-refractivity contribution < 1.29 is 52.8 Å². The Hall–Kier alpha value is -4.11. The van der Waals surface area contributed by atoms with Crippen LogP contribution in [0, 0.1) is 11.8 Å². The van der Waals surface area contributed by atoms with Crippen molar-refractivity contribution in [3.63, 3.8) is 0 Å². The largest absolute Gasteiger partial charge is 0.508 e. The number of Topliss-reactive ketones (excluding diaryl/α,β-unsaturated/α-hetero) is 2. The summed E-state index contributed by atoms with van der Waals surface area (Å²) >= 11 is 0. The first-order valence-corrected chi connectivity index (χ1v) is 11.9. The van der Waals surface area contributed by atoms with Gasteiger partial charge in [-0.05, 0) is 44.5 Å². The van der Waals surface area contributed by atoms with E-state index in [-0.39, 0.29) is 24.1 Å². The van der Waals surface area contributed by atoms with Crippen LogP contribution in [0.5, 0.6) is 5.75 Å². The van der Waals surface area contributed by atoms with Gasteiger partial charge in [0.25, 0.3) is 5.91 Å². The summed E-state index contributed by atoms with van der Waals surface area (Å²) in [5.41, 5.74) is 0.214. The molecular formula is C25H27F3N4O8. The molecule has 12 nitrogen and oxygen atoms in total. The number of alkyl halides is 3. The monoisotopic (exact) mass is 568 g/mol. The summed E-state index contributed by atoms with van der Waals surface area (Å²) in [5, 5.41) is 46.2. The maximum Gasteiger partial charge on any atom is 0.471 e. The van der Waals surface area contributed by atoms with E-state index in [9.17, 15) is 52.8 Å². The lowest BCUT2D eigenvalue weighted by Crippen LogP contribution is -2.65. The first kappa shape index (κ1) is 28.9. The molecule has 0 spiro atoms. The van der Waals surface area contributed by atoms with Gasteiger partial charge >= 0.3 is 12.1 Å². The number of nitrogens with zero attached hydrogens (tertiary/aromatic N) is 2. The van der Waals surface area contributed by atoms with Crippen molar-refractivity contribution in [3.05, 3.63) is 34.1 Å². The van der Waals surface area contributed by atoms with Crippen molar-refractivity contribution in [2.24, 2.45) is 17.6 Å². The average molecular weight is 569 g/mol. The van der Waals surface area contributed by atoms with Gasteiger partial charge in [-0.25, -0.2) is 0 Å². The quantitative estimate of drug-likeness (QED) is 0.220. The molecule has 1 saturated carbocycles. The Bertz CT molecular complexity index is 1430. The van der Waals surface area contributed by atoms with Crippen molar-refractivity contribution in [2.75, 3.05) is 38.4 Å². The molecule has 1 aromatic carbocycles. The van der Waals surface area contributed by atoms with Gasteiger partial charge in [0.2, 0.25) is 5.78 Å². The Balaban J connectivity index is 1.98. The van der Waals surface area contributed by atoms with Gasteiger partial charge in [0, 0.05) is 31.3 Å². The Morgan fingerprint density at radius 2 is 1.73 bits per heavy atom. The lowest BCUT2D eigenvalue weighted by molar-refractivity contribution is -0.167. The number of nitrogens with two attached hydrogens (primary N) is 1. The molecule has 0 aliphatic heterocycles. The first-order chi connectivity index (χ1) is 18.3. The third-order valence-electron chi connectivity index (χ3n) is 7.68. The molecule has 0 aromatic heterocycles. The minimum atomic E-state index is -5.30. The molecule has 40 heavy (non-hydrogen) atoms. The highest BCUT2D eigenvalue weighted by atomic mass is 19.4. The Morgan fingerprint density at radius 3 is 2.23 bits per heavy atom. The number of aliphatic hydroxyl groups is 3. The summed E-state index contributed by atoms with van der Waals surface area (Å²) < 4.78 is 38.8. The van der Waals surface area contributed by atoms with Gasteiger partial charge < -0.3 is 36.4 Å². The summed E-state index contributed by atoms with van der Waals surface area (Å²) in [6.45, 7) is 0. The number of anilines is 2. The number of rotatable bonds is 4. The summed E-state index contributed by atoms with van der Waals surface area (Å²) in [6.07, 6.45) is -5.54. The van der Waals surface area contributed by atoms with Crippen LogP contribution >= 0.6 is 0 Å². The van der Waals surface area contributed by atoms with E-state index in [1.54, 1.807) is 5.32 Å². The number of phenols is 1. The van der Waals surface area contributed by atoms with Crippen molar-refractivity contribution in [3.8, 4) is 5.75 Å². The average Bonchev–Trinajstić information content (AvgIpc) is 2.81. The van der Waals surface area contributed by atoms with Crippen molar-refractivity contribution >= 4 is 40.5 Å². The number of aliphatic hydroxyl groups excluding tert-OH is 2. The number of primary amides is 1. The fraction of sp³-hybridized carbons (Fsp3) is 0.440. The standard InChI is InChI=1S/C25H27F3N4O8/c1-31(2)12-7-11(30-23(39)25(26,27)28)17(33)14-9(12)5-8-6-10-16(32(3)4)19(35)15(22(29)38)21(37)24(10,40)20(36)13(8)18(14)34/h7-8,10,16,33-34,37,40H,5-6H2,1-4H3,(H2,29,38)(H,30,39)/t8?,10?,16-,24-/m0/s1. The van der Waals surface area contributed by atoms with Crippen LogP contribution in [-0.2, 0) is 25.6 Å². The summed E-state index contributed by atoms with van der Waals surface area (Å²) in [4.78, 5) is 53.5. The number of phenolic OH excluding ortho intramolecular Hbond substituents is 1. The Morgan fingerprint density at radius 1 is 1.12 bits per heavy atom. The molecule has 4 atom stereocenters. The van der Waals surface area contributed by atoms with E-state index in [4.69, 9.17) is 5.73 Å². The predicted octanol–water partition coefficient (Wildman–Crippen LogP) is 0.531. The second-order valence-electron chi connectivity index (χ2n) is 10.5. The van der Waals surface area contributed by atoms with Gasteiger partial charge in [0.05, 0.1) is 17.3 Å². The van der Waals surface area contributed by atoms with Crippen LogP contribution in [0.4, 0.5) is 24.5 Å². The molecular weight excluding hydrogens is 541 g/mol. The lowest BCUT2D eigenvalue weighted by atomic mass is 9.57. The normalized spacial score (nSPS) is 26.4. The highest BCUT2D eigenvalue weighted by Gasteiger charge is 2.64. The number of ketones is 2. The molecule has 1 aromatic rings. The fourth-order valence-corrected chi connectivity index (χ4v) is 5.98. The predicted molar refractivity (Wildman–Crippen MR) is 133 cm³/mol. The smallest absolute Gasteiger partial charge is 0.471 e. The van der Waals surface area contributed by atoms with E-state index in [0.717, 1.165) is 6.07 Å². The summed E-state index contributed by atoms with van der Waals surface area (Å²) in [5.74, 6) is -11.3. The number of carbonyl (C=O) groups is 4. The molecule has 0 heterocycles. The van der Waals surface area contributed by atoms with Crippen LogP contribution in [0.2, 0.25) is 0 Å². The zero-order valence-corrected chi connectivity index (χ0v) is 21.8. The van der Waals surface area contributed by atoms with Crippen molar-refractivity contribution in [2.45, 2.75) is 30.7 Å². The molecule has 0 saturated heterocycles. The molecule has 7 N–H and O–H groups in total. The number of likely N-dealkylation sites (N-methyl/N-ethyl adjacent to an activating group) is 1. The molecule has 0 radical (unpaired) electrons. The number of hydrogen-bond acceptors (Lipinski definition) is 10. The zero-order chi connectivity index (χ0) is 30.2. The second kappa shape index (κ2) is 9.23. The molecule has 4 rings (SSSR count). The number of aromatic hydroxyl groups is 1. The van der Waals surface area contributed by atoms with Crippen LogP contribution in [0.3, 0.4) is 0 Å². The Labute approximate surface area is 225 Å². The molecule has 2 amide bonds. The molecule has 3 aliphatic rings. The van der Waals surface area contributed by atoms with E-state index in [1.165, 1.54) is 38.0 Å². The molecule has 1 fully saturated rings.